The quantitative estimate of drug-likeness (QED) is 0.318. The number of methoxy groups -OCH3 is 1. The third kappa shape index (κ3) is 4.52. The van der Waals surface area contributed by atoms with Gasteiger partial charge in [-0.2, -0.15) is 0 Å². The van der Waals surface area contributed by atoms with E-state index in [9.17, 15) is 29.4 Å². The summed E-state index contributed by atoms with van der Waals surface area (Å²) >= 11 is 0. The smallest absolute Gasteiger partial charge is 0.349 e. The topological polar surface area (TPSA) is 155 Å². The summed E-state index contributed by atoms with van der Waals surface area (Å²) in [5.74, 6) is -2.98. The van der Waals surface area contributed by atoms with Gasteiger partial charge in [-0.25, -0.2) is 9.59 Å². The molecule has 1 unspecified atom stereocenters. The molecule has 11 heteroatoms. The lowest BCUT2D eigenvalue weighted by Gasteiger charge is -2.61. The second kappa shape index (κ2) is 11.0. The average Bonchev–Trinajstić information content (AvgIpc) is 3.35. The Labute approximate surface area is 253 Å². The van der Waals surface area contributed by atoms with Crippen molar-refractivity contribution in [2.75, 3.05) is 7.11 Å². The van der Waals surface area contributed by atoms with Crippen molar-refractivity contribution in [2.45, 2.75) is 75.3 Å². The second-order valence-electron chi connectivity index (χ2n) is 12.0. The van der Waals surface area contributed by atoms with Gasteiger partial charge in [0.1, 0.15) is 5.76 Å². The van der Waals surface area contributed by atoms with Crippen LogP contribution in [0.4, 0.5) is 0 Å². The molecule has 0 amide bonds. The van der Waals surface area contributed by atoms with Gasteiger partial charge in [-0.1, -0.05) is 43.3 Å². The zero-order valence-corrected chi connectivity index (χ0v) is 24.6. The predicted molar refractivity (Wildman–Crippen MR) is 152 cm³/mol. The van der Waals surface area contributed by atoms with E-state index in [0.717, 1.165) is 24.5 Å². The fourth-order valence-corrected chi connectivity index (χ4v) is 7.74. The van der Waals surface area contributed by atoms with E-state index in [-0.39, 0.29) is 29.6 Å². The Morgan fingerprint density at radius 2 is 1.84 bits per heavy atom. The fraction of sp³-hybridized carbons (Fsp3) is 0.455. The molecule has 0 radical (unpaired) electrons. The number of carbonyl (C=O) groups is 4. The van der Waals surface area contributed by atoms with E-state index >= 15 is 0 Å². The van der Waals surface area contributed by atoms with Crippen LogP contribution < -0.4 is 9.47 Å². The van der Waals surface area contributed by atoms with Gasteiger partial charge in [-0.15, -0.1) is 0 Å². The third-order valence-electron chi connectivity index (χ3n) is 9.65. The van der Waals surface area contributed by atoms with Crippen molar-refractivity contribution in [1.29, 1.82) is 0 Å². The van der Waals surface area contributed by atoms with E-state index in [1.54, 1.807) is 31.4 Å². The fourth-order valence-electron chi connectivity index (χ4n) is 7.74. The first-order valence-electron chi connectivity index (χ1n) is 14.7. The minimum atomic E-state index is -1.76. The van der Waals surface area contributed by atoms with Crippen LogP contribution in [-0.2, 0) is 45.2 Å². The summed E-state index contributed by atoms with van der Waals surface area (Å²) in [4.78, 5) is 50.1. The summed E-state index contributed by atoms with van der Waals surface area (Å²) in [6.45, 7) is 3.20. The van der Waals surface area contributed by atoms with E-state index in [1.807, 2.05) is 12.1 Å². The van der Waals surface area contributed by atoms with Crippen LogP contribution in [0.25, 0.3) is 0 Å². The Morgan fingerprint density at radius 1 is 1.09 bits per heavy atom. The van der Waals surface area contributed by atoms with Gasteiger partial charge >= 0.3 is 23.9 Å². The molecule has 7 atom stereocenters. The molecule has 4 aliphatic rings. The molecule has 1 spiro atoms. The maximum Gasteiger partial charge on any atom is 0.349 e. The highest BCUT2D eigenvalue weighted by molar-refractivity contribution is 5.86. The number of benzene rings is 2. The van der Waals surface area contributed by atoms with Crippen molar-refractivity contribution in [3.63, 3.8) is 0 Å². The lowest BCUT2D eigenvalue weighted by Crippen LogP contribution is -2.69. The third-order valence-corrected chi connectivity index (χ3v) is 9.65. The van der Waals surface area contributed by atoms with Gasteiger partial charge in [0.2, 0.25) is 12.2 Å². The van der Waals surface area contributed by atoms with E-state index in [1.165, 1.54) is 12.1 Å². The highest BCUT2D eigenvalue weighted by atomic mass is 16.6. The van der Waals surface area contributed by atoms with Gasteiger partial charge in [0.15, 0.2) is 17.6 Å². The first kappa shape index (κ1) is 29.7. The van der Waals surface area contributed by atoms with Crippen LogP contribution in [0.2, 0.25) is 0 Å². The number of esters is 3. The van der Waals surface area contributed by atoms with Crippen LogP contribution in [0.5, 0.6) is 11.5 Å². The van der Waals surface area contributed by atoms with Gasteiger partial charge in [-0.3, -0.25) is 9.59 Å². The molecule has 3 aliphatic carbocycles. The molecule has 0 aromatic heterocycles. The first-order valence-corrected chi connectivity index (χ1v) is 14.7. The van der Waals surface area contributed by atoms with Crippen molar-refractivity contribution in [3.8, 4) is 11.5 Å². The maximum atomic E-state index is 13.3. The lowest BCUT2D eigenvalue weighted by molar-refractivity contribution is -0.180. The van der Waals surface area contributed by atoms with Crippen LogP contribution in [0.3, 0.4) is 0 Å². The minimum absolute atomic E-state index is 0.0300. The largest absolute Gasteiger partial charge is 0.493 e. The second-order valence-corrected chi connectivity index (χ2v) is 12.0. The normalized spacial score (nSPS) is 28.7. The molecule has 2 N–H and O–H groups in total. The van der Waals surface area contributed by atoms with Crippen LogP contribution in [0.1, 0.15) is 62.3 Å². The van der Waals surface area contributed by atoms with Gasteiger partial charge < -0.3 is 33.9 Å². The number of aliphatic hydroxyl groups is 1. The molecular formula is C33H34O11. The van der Waals surface area contributed by atoms with Crippen LogP contribution >= 0.6 is 0 Å². The standard InChI is InChI=1S/C33H34O11/c1-17-11-13-32-26-20-9-10-22(40-3)28(26)43-29(32)23(12-14-33(32,39)21(17)15-20)42-25(35)16-24(41-18(2)34)31(38)44-27(30(36)37)19-7-5-4-6-8-19/h4-10,12,17,21,24,27,29,39H,11,13-16H2,1-3H3,(H,36,37)/t17?,21-,24-,27-,29-,32-,33+/m0/s1. The SMILES string of the molecule is COc1ccc2c3c1O[C@H]1C(OC(=O)C[C@H](OC(C)=O)C(=O)O[C@H](C(=O)O)c4ccccc4)=CC[C@@]4(O)[C@@H](C2)C(C)CC[C@]314. The predicted octanol–water partition coefficient (Wildman–Crippen LogP) is 3.55. The van der Waals surface area contributed by atoms with Gasteiger partial charge in [0, 0.05) is 18.1 Å². The van der Waals surface area contributed by atoms with E-state index < -0.39 is 59.6 Å². The Kier molecular flexibility index (Phi) is 7.39. The summed E-state index contributed by atoms with van der Waals surface area (Å²) in [6, 6.07) is 11.6. The molecule has 44 heavy (non-hydrogen) atoms. The minimum Gasteiger partial charge on any atom is -0.493 e. The molecule has 2 bridgehead atoms. The Morgan fingerprint density at radius 3 is 2.52 bits per heavy atom. The van der Waals surface area contributed by atoms with Gasteiger partial charge in [0.05, 0.1) is 24.5 Å². The summed E-state index contributed by atoms with van der Waals surface area (Å²) in [5.41, 5.74) is 0.141. The van der Waals surface area contributed by atoms with Crippen LogP contribution in [0.15, 0.2) is 54.3 Å². The number of hydrogen-bond donors (Lipinski definition) is 2. The zero-order valence-electron chi connectivity index (χ0n) is 24.6. The number of carboxylic acids is 1. The van der Waals surface area contributed by atoms with E-state index in [2.05, 4.69) is 6.92 Å². The molecule has 232 valence electrons. The molecular weight excluding hydrogens is 572 g/mol. The van der Waals surface area contributed by atoms with Crippen LogP contribution in [-0.4, -0.2) is 59.0 Å². The lowest BCUT2D eigenvalue weighted by atomic mass is 9.45. The molecule has 11 nitrogen and oxygen atoms in total. The molecule has 2 aromatic rings. The summed E-state index contributed by atoms with van der Waals surface area (Å²) in [5, 5.41) is 22.0. The summed E-state index contributed by atoms with van der Waals surface area (Å²) in [6.07, 6.45) is -0.981. The van der Waals surface area contributed by atoms with Crippen molar-refractivity contribution >= 4 is 23.9 Å². The molecule has 1 saturated carbocycles. The Balaban J connectivity index is 1.26. The Hall–Kier alpha value is -4.38. The number of hydrogen-bond acceptors (Lipinski definition) is 10. The van der Waals surface area contributed by atoms with Gasteiger partial charge in [0.25, 0.3) is 0 Å². The van der Waals surface area contributed by atoms with E-state index in [0.29, 0.717) is 24.3 Å². The van der Waals surface area contributed by atoms with Crippen LogP contribution in [0, 0.1) is 11.8 Å². The van der Waals surface area contributed by atoms with Crippen molar-refractivity contribution in [1.82, 2.24) is 0 Å². The van der Waals surface area contributed by atoms with E-state index in [4.69, 9.17) is 23.7 Å². The molecule has 1 heterocycles. The number of carboxylic acid groups (broad SMARTS) is 1. The zero-order chi connectivity index (χ0) is 31.4. The number of rotatable bonds is 9. The first-order chi connectivity index (χ1) is 21.0. The highest BCUT2D eigenvalue weighted by Crippen LogP contribution is 2.68. The number of aliphatic carboxylic acids is 1. The number of carbonyl (C=O) groups excluding carboxylic acids is 3. The molecule has 1 aliphatic heterocycles. The molecule has 6 rings (SSSR count). The maximum absolute atomic E-state index is 13.3. The average molecular weight is 607 g/mol. The molecule has 2 aromatic carbocycles. The number of ether oxygens (including phenoxy) is 5. The van der Waals surface area contributed by atoms with Crippen molar-refractivity contribution in [3.05, 3.63) is 71.0 Å². The molecule has 0 saturated heterocycles. The Bertz CT molecular complexity index is 1550. The van der Waals surface area contributed by atoms with Gasteiger partial charge in [-0.05, 0) is 55.2 Å². The monoisotopic (exact) mass is 606 g/mol. The summed E-state index contributed by atoms with van der Waals surface area (Å²) in [7, 11) is 1.54. The van der Waals surface area contributed by atoms with Crippen molar-refractivity contribution < 1.29 is 53.1 Å². The highest BCUT2D eigenvalue weighted by Gasteiger charge is 2.72. The molecule has 1 fully saturated rings. The summed E-state index contributed by atoms with van der Waals surface area (Å²) < 4.78 is 28.2. The van der Waals surface area contributed by atoms with Crippen molar-refractivity contribution in [2.24, 2.45) is 11.8 Å².